The molecule has 126 valence electrons. The van der Waals surface area contributed by atoms with E-state index in [4.69, 9.17) is 0 Å². The van der Waals surface area contributed by atoms with Crippen molar-refractivity contribution in [3.05, 3.63) is 66.2 Å². The first kappa shape index (κ1) is 15.4. The standard InChI is InChI=1S/C19H18N4O2/c24-18-5-3-11-23(18)15-8-6-14(7-9-15)19(25)21-13-17-20-12-16-4-1-2-10-22(16)17/h1-2,4,6-10,12H,3,5,11,13H2,(H,21,25). The summed E-state index contributed by atoms with van der Waals surface area (Å²) in [5.41, 5.74) is 2.40. The fourth-order valence-corrected chi connectivity index (χ4v) is 3.11. The van der Waals surface area contributed by atoms with Crippen LogP contribution >= 0.6 is 0 Å². The molecule has 0 spiro atoms. The smallest absolute Gasteiger partial charge is 0.251 e. The highest BCUT2D eigenvalue weighted by atomic mass is 16.2. The van der Waals surface area contributed by atoms with E-state index in [-0.39, 0.29) is 11.8 Å². The summed E-state index contributed by atoms with van der Waals surface area (Å²) in [6, 6.07) is 13.0. The molecule has 3 aromatic rings. The number of fused-ring (bicyclic) bond motifs is 1. The zero-order valence-corrected chi connectivity index (χ0v) is 13.7. The Morgan fingerprint density at radius 1 is 1.16 bits per heavy atom. The summed E-state index contributed by atoms with van der Waals surface area (Å²) in [7, 11) is 0. The molecule has 1 N–H and O–H groups in total. The number of nitrogens with one attached hydrogen (secondary N) is 1. The normalized spacial score (nSPS) is 14.2. The molecule has 1 aliphatic rings. The number of carbonyl (C=O) groups is 2. The third kappa shape index (κ3) is 2.98. The minimum atomic E-state index is -0.160. The van der Waals surface area contributed by atoms with Gasteiger partial charge >= 0.3 is 0 Å². The van der Waals surface area contributed by atoms with E-state index in [1.165, 1.54) is 0 Å². The predicted octanol–water partition coefficient (Wildman–Crippen LogP) is 2.39. The SMILES string of the molecule is O=C(NCc1ncc2ccccn12)c1ccc(N2CCCC2=O)cc1. The van der Waals surface area contributed by atoms with Gasteiger partial charge in [0, 0.05) is 30.4 Å². The molecule has 6 heteroatoms. The minimum absolute atomic E-state index is 0.142. The van der Waals surface area contributed by atoms with Crippen molar-refractivity contribution in [2.75, 3.05) is 11.4 Å². The topological polar surface area (TPSA) is 66.7 Å². The van der Waals surface area contributed by atoms with Gasteiger partial charge in [-0.25, -0.2) is 4.98 Å². The molecule has 1 fully saturated rings. The van der Waals surface area contributed by atoms with Crippen LogP contribution in [0.5, 0.6) is 0 Å². The maximum absolute atomic E-state index is 12.3. The summed E-state index contributed by atoms with van der Waals surface area (Å²) in [5.74, 6) is 0.763. The molecule has 1 saturated heterocycles. The number of nitrogens with zero attached hydrogens (tertiary/aromatic N) is 3. The van der Waals surface area contributed by atoms with E-state index in [9.17, 15) is 9.59 Å². The van der Waals surface area contributed by atoms with Crippen LogP contribution < -0.4 is 10.2 Å². The summed E-state index contributed by atoms with van der Waals surface area (Å²) in [6.07, 6.45) is 5.19. The number of hydrogen-bond acceptors (Lipinski definition) is 3. The van der Waals surface area contributed by atoms with Crippen molar-refractivity contribution in [2.24, 2.45) is 0 Å². The number of carbonyl (C=O) groups excluding carboxylic acids is 2. The maximum atomic E-state index is 12.3. The predicted molar refractivity (Wildman–Crippen MR) is 94.4 cm³/mol. The molecule has 6 nitrogen and oxygen atoms in total. The Bertz CT molecular complexity index is 930. The van der Waals surface area contributed by atoms with Crippen LogP contribution in [0, 0.1) is 0 Å². The molecule has 3 heterocycles. The van der Waals surface area contributed by atoms with Crippen LogP contribution in [0.2, 0.25) is 0 Å². The Labute approximate surface area is 145 Å². The second-order valence-corrected chi connectivity index (χ2v) is 6.05. The van der Waals surface area contributed by atoms with E-state index in [2.05, 4.69) is 10.3 Å². The zero-order chi connectivity index (χ0) is 17.2. The van der Waals surface area contributed by atoms with E-state index in [1.807, 2.05) is 40.9 Å². The van der Waals surface area contributed by atoms with Gasteiger partial charge in [0.2, 0.25) is 5.91 Å². The van der Waals surface area contributed by atoms with Crippen molar-refractivity contribution in [3.8, 4) is 0 Å². The molecule has 2 aromatic heterocycles. The molecule has 25 heavy (non-hydrogen) atoms. The number of aromatic nitrogens is 2. The lowest BCUT2D eigenvalue weighted by atomic mass is 10.2. The van der Waals surface area contributed by atoms with Gasteiger partial charge in [-0.05, 0) is 42.8 Å². The Morgan fingerprint density at radius 2 is 2.00 bits per heavy atom. The lowest BCUT2D eigenvalue weighted by Gasteiger charge is -2.15. The summed E-state index contributed by atoms with van der Waals surface area (Å²) >= 11 is 0. The molecule has 0 saturated carbocycles. The van der Waals surface area contributed by atoms with Crippen molar-refractivity contribution in [1.82, 2.24) is 14.7 Å². The average molecular weight is 334 g/mol. The van der Waals surface area contributed by atoms with Gasteiger partial charge in [-0.15, -0.1) is 0 Å². The fourth-order valence-electron chi connectivity index (χ4n) is 3.11. The van der Waals surface area contributed by atoms with Crippen molar-refractivity contribution >= 4 is 23.0 Å². The summed E-state index contributed by atoms with van der Waals surface area (Å²) in [6.45, 7) is 1.10. The minimum Gasteiger partial charge on any atom is -0.345 e. The Balaban J connectivity index is 1.43. The first-order valence-corrected chi connectivity index (χ1v) is 8.32. The quantitative estimate of drug-likeness (QED) is 0.797. The molecule has 0 unspecified atom stereocenters. The third-order valence-electron chi connectivity index (χ3n) is 4.44. The maximum Gasteiger partial charge on any atom is 0.251 e. The summed E-state index contributed by atoms with van der Waals surface area (Å²) in [5, 5.41) is 2.89. The van der Waals surface area contributed by atoms with E-state index in [0.717, 1.165) is 30.0 Å². The molecule has 0 bridgehead atoms. The van der Waals surface area contributed by atoms with E-state index in [0.29, 0.717) is 18.5 Å². The molecule has 0 aliphatic carbocycles. The van der Waals surface area contributed by atoms with Crippen LogP contribution in [0.1, 0.15) is 29.0 Å². The Kier molecular flexibility index (Phi) is 3.93. The van der Waals surface area contributed by atoms with Crippen LogP contribution in [0.15, 0.2) is 54.9 Å². The van der Waals surface area contributed by atoms with Gasteiger partial charge in [0.25, 0.3) is 5.91 Å². The highest BCUT2D eigenvalue weighted by Crippen LogP contribution is 2.21. The van der Waals surface area contributed by atoms with Crippen molar-refractivity contribution in [3.63, 3.8) is 0 Å². The molecular weight excluding hydrogens is 316 g/mol. The number of pyridine rings is 1. The van der Waals surface area contributed by atoms with Crippen molar-refractivity contribution < 1.29 is 9.59 Å². The zero-order valence-electron chi connectivity index (χ0n) is 13.7. The van der Waals surface area contributed by atoms with Crippen LogP contribution in [0.25, 0.3) is 5.52 Å². The second-order valence-electron chi connectivity index (χ2n) is 6.05. The number of anilines is 1. The largest absolute Gasteiger partial charge is 0.345 e. The van der Waals surface area contributed by atoms with Gasteiger partial charge in [-0.3, -0.25) is 9.59 Å². The first-order chi connectivity index (χ1) is 12.2. The van der Waals surface area contributed by atoms with E-state index < -0.39 is 0 Å². The highest BCUT2D eigenvalue weighted by molar-refractivity contribution is 5.97. The number of rotatable bonds is 4. The molecule has 1 aliphatic heterocycles. The van der Waals surface area contributed by atoms with Gasteiger partial charge in [0.1, 0.15) is 5.82 Å². The number of hydrogen-bond donors (Lipinski definition) is 1. The van der Waals surface area contributed by atoms with Gasteiger partial charge in [0.15, 0.2) is 0 Å². The monoisotopic (exact) mass is 334 g/mol. The van der Waals surface area contributed by atoms with Crippen molar-refractivity contribution in [1.29, 1.82) is 0 Å². The third-order valence-corrected chi connectivity index (χ3v) is 4.44. The lowest BCUT2D eigenvalue weighted by Crippen LogP contribution is -2.25. The Morgan fingerprint density at radius 3 is 2.76 bits per heavy atom. The number of imidazole rings is 1. The first-order valence-electron chi connectivity index (χ1n) is 8.32. The van der Waals surface area contributed by atoms with E-state index >= 15 is 0 Å². The Hall–Kier alpha value is -3.15. The second kappa shape index (κ2) is 6.39. The van der Waals surface area contributed by atoms with Crippen LogP contribution in [-0.4, -0.2) is 27.7 Å². The molecule has 4 rings (SSSR count). The van der Waals surface area contributed by atoms with Crippen molar-refractivity contribution in [2.45, 2.75) is 19.4 Å². The molecular formula is C19H18N4O2. The lowest BCUT2D eigenvalue weighted by molar-refractivity contribution is -0.117. The van der Waals surface area contributed by atoms with Gasteiger partial charge in [-0.2, -0.15) is 0 Å². The van der Waals surface area contributed by atoms with Crippen LogP contribution in [0.4, 0.5) is 5.69 Å². The molecule has 0 radical (unpaired) electrons. The highest BCUT2D eigenvalue weighted by Gasteiger charge is 2.21. The summed E-state index contributed by atoms with van der Waals surface area (Å²) in [4.78, 5) is 30.2. The van der Waals surface area contributed by atoms with Gasteiger partial charge in [-0.1, -0.05) is 6.07 Å². The molecule has 2 amide bonds. The number of benzene rings is 1. The molecule has 1 aromatic carbocycles. The average Bonchev–Trinajstić information content (AvgIpc) is 3.26. The van der Waals surface area contributed by atoms with Crippen LogP contribution in [0.3, 0.4) is 0 Å². The van der Waals surface area contributed by atoms with Gasteiger partial charge < -0.3 is 14.6 Å². The number of amides is 2. The fraction of sp³-hybridized carbons (Fsp3) is 0.211. The summed E-state index contributed by atoms with van der Waals surface area (Å²) < 4.78 is 1.95. The van der Waals surface area contributed by atoms with Gasteiger partial charge in [0.05, 0.1) is 18.3 Å². The molecule has 0 atom stereocenters. The van der Waals surface area contributed by atoms with Crippen LogP contribution in [-0.2, 0) is 11.3 Å². The van der Waals surface area contributed by atoms with E-state index in [1.54, 1.807) is 23.2 Å².